The number of benzene rings is 2. The zero-order valence-electron chi connectivity index (χ0n) is 18.8. The van der Waals surface area contributed by atoms with Gasteiger partial charge < -0.3 is 15.5 Å². The third kappa shape index (κ3) is 4.53. The Hall–Kier alpha value is -2.95. The van der Waals surface area contributed by atoms with Crippen molar-refractivity contribution in [3.8, 4) is 0 Å². The largest absolute Gasteiger partial charge is 0.372 e. The Morgan fingerprint density at radius 2 is 2.00 bits per heavy atom. The zero-order chi connectivity index (χ0) is 23.7. The van der Waals surface area contributed by atoms with E-state index in [9.17, 15) is 12.8 Å². The summed E-state index contributed by atoms with van der Waals surface area (Å²) in [7, 11) is -1.84. The molecule has 1 aromatic heterocycles. The average molecular weight is 500 g/mol. The van der Waals surface area contributed by atoms with Crippen LogP contribution in [-0.2, 0) is 29.4 Å². The number of anilines is 1. The molecule has 178 valence electrons. The molecule has 0 unspecified atom stereocenters. The molecule has 5 rings (SSSR count). The molecule has 2 aliphatic heterocycles. The molecule has 7 nitrogen and oxygen atoms in total. The number of nitrogens with zero attached hydrogens (tertiary/aromatic N) is 3. The minimum atomic E-state index is -3.57. The number of halogens is 1. The number of rotatable bonds is 7. The number of hydrogen-bond donors (Lipinski definition) is 2. The van der Waals surface area contributed by atoms with Crippen LogP contribution in [0, 0.1) is 5.82 Å². The average Bonchev–Trinajstić information content (AvgIpc) is 3.53. The Morgan fingerprint density at radius 1 is 1.18 bits per heavy atom. The Kier molecular flexibility index (Phi) is 6.28. The lowest BCUT2D eigenvalue weighted by atomic mass is 9.97. The molecule has 0 saturated heterocycles. The molecule has 0 amide bonds. The van der Waals surface area contributed by atoms with Crippen molar-refractivity contribution in [2.24, 2.45) is 0 Å². The molecule has 3 aromatic rings. The molecule has 2 N–H and O–H groups in total. The molecule has 0 spiro atoms. The lowest BCUT2D eigenvalue weighted by molar-refractivity contribution is 0.392. The Morgan fingerprint density at radius 3 is 2.76 bits per heavy atom. The summed E-state index contributed by atoms with van der Waals surface area (Å²) in [5.74, 6) is -0.220. The highest BCUT2D eigenvalue weighted by molar-refractivity contribution is 7.91. The summed E-state index contributed by atoms with van der Waals surface area (Å²) in [5, 5.41) is 6.78. The fraction of sp³-hybridized carbons (Fsp3) is 0.292. The quantitative estimate of drug-likeness (QED) is 0.518. The van der Waals surface area contributed by atoms with Crippen LogP contribution in [0.1, 0.15) is 22.3 Å². The number of sulfonamides is 1. The van der Waals surface area contributed by atoms with Crippen molar-refractivity contribution in [3.05, 3.63) is 82.9 Å². The molecule has 0 saturated carbocycles. The van der Waals surface area contributed by atoms with Crippen molar-refractivity contribution in [3.63, 3.8) is 0 Å². The van der Waals surface area contributed by atoms with Crippen LogP contribution >= 0.6 is 11.3 Å². The summed E-state index contributed by atoms with van der Waals surface area (Å²) in [6.45, 7) is 2.34. The Bertz CT molecular complexity index is 1320. The molecular weight excluding hydrogens is 473 g/mol. The van der Waals surface area contributed by atoms with Gasteiger partial charge >= 0.3 is 0 Å². The van der Waals surface area contributed by atoms with Gasteiger partial charge in [0.15, 0.2) is 9.34 Å². The summed E-state index contributed by atoms with van der Waals surface area (Å²) < 4.78 is 41.1. The van der Waals surface area contributed by atoms with Gasteiger partial charge in [-0.1, -0.05) is 35.6 Å². The van der Waals surface area contributed by atoms with Crippen molar-refractivity contribution < 1.29 is 12.8 Å². The van der Waals surface area contributed by atoms with Gasteiger partial charge in [-0.15, -0.1) is 0 Å². The van der Waals surface area contributed by atoms with Crippen LogP contribution in [0.3, 0.4) is 0 Å². The molecule has 2 aromatic carbocycles. The third-order valence-electron chi connectivity index (χ3n) is 6.22. The fourth-order valence-electron chi connectivity index (χ4n) is 4.32. The second-order valence-corrected chi connectivity index (χ2v) is 11.5. The molecule has 3 heterocycles. The lowest BCUT2D eigenvalue weighted by Gasteiger charge is -2.28. The minimum absolute atomic E-state index is 0.220. The van der Waals surface area contributed by atoms with E-state index in [0.29, 0.717) is 24.6 Å². The first-order valence-electron chi connectivity index (χ1n) is 11.1. The van der Waals surface area contributed by atoms with Gasteiger partial charge in [-0.2, -0.15) is 4.31 Å². The van der Waals surface area contributed by atoms with Crippen LogP contribution in [0.15, 0.2) is 59.1 Å². The van der Waals surface area contributed by atoms with Crippen molar-refractivity contribution in [1.29, 1.82) is 0 Å². The number of thiazole rings is 1. The monoisotopic (exact) mass is 499 g/mol. The predicted octanol–water partition coefficient (Wildman–Crippen LogP) is 3.47. The molecule has 0 radical (unpaired) electrons. The second kappa shape index (κ2) is 9.36. The van der Waals surface area contributed by atoms with Gasteiger partial charge in [0, 0.05) is 32.9 Å². The smallest absolute Gasteiger partial charge is 0.254 e. The van der Waals surface area contributed by atoms with Gasteiger partial charge in [-0.25, -0.2) is 17.8 Å². The highest BCUT2D eigenvalue weighted by atomic mass is 32.2. The zero-order valence-corrected chi connectivity index (χ0v) is 20.4. The molecule has 34 heavy (non-hydrogen) atoms. The van der Waals surface area contributed by atoms with Crippen molar-refractivity contribution in [2.45, 2.75) is 23.6 Å². The van der Waals surface area contributed by atoms with Crippen LogP contribution < -0.4 is 10.6 Å². The van der Waals surface area contributed by atoms with Crippen LogP contribution in [0.2, 0.25) is 0 Å². The molecule has 0 aliphatic carbocycles. The first-order valence-corrected chi connectivity index (χ1v) is 13.4. The van der Waals surface area contributed by atoms with Gasteiger partial charge in [0.2, 0.25) is 0 Å². The van der Waals surface area contributed by atoms with Crippen LogP contribution in [0.25, 0.3) is 5.70 Å². The van der Waals surface area contributed by atoms with E-state index < -0.39 is 10.0 Å². The predicted molar refractivity (Wildman–Crippen MR) is 132 cm³/mol. The minimum Gasteiger partial charge on any atom is -0.372 e. The van der Waals surface area contributed by atoms with Gasteiger partial charge in [0.05, 0.1) is 18.6 Å². The summed E-state index contributed by atoms with van der Waals surface area (Å²) in [5.41, 5.74) is 5.53. The summed E-state index contributed by atoms with van der Waals surface area (Å²) in [6.07, 6.45) is 4.93. The van der Waals surface area contributed by atoms with E-state index in [-0.39, 0.29) is 10.0 Å². The van der Waals surface area contributed by atoms with E-state index >= 15 is 0 Å². The first kappa shape index (κ1) is 22.8. The molecule has 10 heteroatoms. The van der Waals surface area contributed by atoms with Gasteiger partial charge in [-0.05, 0) is 53.3 Å². The van der Waals surface area contributed by atoms with E-state index in [1.54, 1.807) is 7.05 Å². The SMILES string of the molecule is CNc1ncc(S(=O)(=O)N2CCc3cc(C4=CNCN4CCc4ccc(F)cc4)ccc3C2)s1. The molecular formula is C24H26FN5O2S2. The van der Waals surface area contributed by atoms with E-state index in [1.165, 1.54) is 28.2 Å². The number of nitrogens with one attached hydrogen (secondary N) is 2. The van der Waals surface area contributed by atoms with Crippen LogP contribution in [-0.4, -0.2) is 49.4 Å². The Balaban J connectivity index is 1.29. The van der Waals surface area contributed by atoms with E-state index in [4.69, 9.17) is 0 Å². The van der Waals surface area contributed by atoms with Gasteiger partial charge in [0.1, 0.15) is 5.82 Å². The Labute approximate surface area is 203 Å². The standard InChI is InChI=1S/C24H26FN5O2S2/c1-26-24-28-14-23(33-24)34(31,32)30-11-9-18-12-19(4-5-20(18)15-30)22-13-27-16-29(22)10-8-17-2-6-21(25)7-3-17/h2-7,12-14,27H,8-11,15-16H2,1H3,(H,26,28). The second-order valence-electron chi connectivity index (χ2n) is 8.34. The molecule has 0 fully saturated rings. The number of hydrogen-bond acceptors (Lipinski definition) is 7. The van der Waals surface area contributed by atoms with Gasteiger partial charge in [0.25, 0.3) is 10.0 Å². The van der Waals surface area contributed by atoms with Gasteiger partial charge in [-0.3, -0.25) is 0 Å². The molecule has 2 aliphatic rings. The van der Waals surface area contributed by atoms with Crippen molar-refractivity contribution in [1.82, 2.24) is 19.5 Å². The number of aromatic nitrogens is 1. The normalized spacial score (nSPS) is 16.2. The van der Waals surface area contributed by atoms with Crippen molar-refractivity contribution in [2.75, 3.05) is 32.1 Å². The molecule has 0 bridgehead atoms. The topological polar surface area (TPSA) is 77.6 Å². The van der Waals surface area contributed by atoms with Crippen LogP contribution in [0.4, 0.5) is 9.52 Å². The maximum Gasteiger partial charge on any atom is 0.254 e. The van der Waals surface area contributed by atoms with Crippen molar-refractivity contribution >= 4 is 32.2 Å². The summed E-state index contributed by atoms with van der Waals surface area (Å²) >= 11 is 1.15. The summed E-state index contributed by atoms with van der Waals surface area (Å²) in [6, 6.07) is 12.9. The third-order valence-corrected chi connectivity index (χ3v) is 9.51. The van der Waals surface area contributed by atoms with Crippen LogP contribution in [0.5, 0.6) is 0 Å². The summed E-state index contributed by atoms with van der Waals surface area (Å²) in [4.78, 5) is 6.38. The van der Waals surface area contributed by atoms with E-state index in [2.05, 4.69) is 32.7 Å². The van der Waals surface area contributed by atoms with E-state index in [1.807, 2.05) is 24.4 Å². The number of fused-ring (bicyclic) bond motifs is 1. The maximum absolute atomic E-state index is 13.2. The molecule has 0 atom stereocenters. The first-order chi connectivity index (χ1) is 16.4. The maximum atomic E-state index is 13.2. The fourth-order valence-corrected chi connectivity index (χ4v) is 6.88. The highest BCUT2D eigenvalue weighted by Crippen LogP contribution is 2.31. The lowest BCUT2D eigenvalue weighted by Crippen LogP contribution is -2.35. The van der Waals surface area contributed by atoms with E-state index in [0.717, 1.165) is 53.4 Å². The highest BCUT2D eigenvalue weighted by Gasteiger charge is 2.30.